The first-order valence-electron chi connectivity index (χ1n) is 8.58. The molecule has 1 fully saturated rings. The highest BCUT2D eigenvalue weighted by atomic mass is 19.1. The van der Waals surface area contributed by atoms with E-state index in [1.807, 2.05) is 12.1 Å². The smallest absolute Gasteiger partial charge is 0.124 e. The Balaban J connectivity index is 2.26. The van der Waals surface area contributed by atoms with Crippen LogP contribution in [0.2, 0.25) is 0 Å². The minimum Gasteiger partial charge on any atom is -0.248 e. The van der Waals surface area contributed by atoms with Crippen LogP contribution in [-0.4, -0.2) is 4.98 Å². The highest BCUT2D eigenvalue weighted by Gasteiger charge is 2.34. The molecule has 3 rings (SSSR count). The van der Waals surface area contributed by atoms with Crippen LogP contribution in [0.1, 0.15) is 63.3 Å². The number of nitrogens with zero attached hydrogens (tertiary/aromatic N) is 1. The van der Waals surface area contributed by atoms with Crippen molar-refractivity contribution in [3.8, 4) is 23.5 Å². The van der Waals surface area contributed by atoms with Gasteiger partial charge >= 0.3 is 0 Å². The standard InChI is InChI=1S/C22H24FN/c1-6-18-11-16(9-10-24-18)20-13-17(23)12-19(14(2)15-7-8-15)21(20)22(3,4)5/h1,9-15H,7-8H2,2-5H3. The van der Waals surface area contributed by atoms with E-state index in [1.165, 1.54) is 18.4 Å². The average Bonchev–Trinajstić information content (AvgIpc) is 3.37. The van der Waals surface area contributed by atoms with E-state index >= 15 is 0 Å². The number of aromatic nitrogens is 1. The van der Waals surface area contributed by atoms with Gasteiger partial charge in [0, 0.05) is 6.20 Å². The molecule has 0 bridgehead atoms. The summed E-state index contributed by atoms with van der Waals surface area (Å²) in [6.07, 6.45) is 9.68. The SMILES string of the molecule is C#Cc1cc(-c2cc(F)cc(C(C)C3CC3)c2C(C)(C)C)ccn1. The van der Waals surface area contributed by atoms with E-state index in [9.17, 15) is 4.39 Å². The Morgan fingerprint density at radius 3 is 2.54 bits per heavy atom. The van der Waals surface area contributed by atoms with Crippen molar-refractivity contribution in [3.63, 3.8) is 0 Å². The molecular formula is C22H24FN. The van der Waals surface area contributed by atoms with Gasteiger partial charge in [-0.3, -0.25) is 0 Å². The summed E-state index contributed by atoms with van der Waals surface area (Å²) in [4.78, 5) is 4.16. The van der Waals surface area contributed by atoms with E-state index in [0.717, 1.165) is 16.7 Å². The monoisotopic (exact) mass is 321 g/mol. The molecule has 0 saturated heterocycles. The van der Waals surface area contributed by atoms with Crippen molar-refractivity contribution in [2.45, 2.75) is 51.9 Å². The molecule has 124 valence electrons. The molecule has 24 heavy (non-hydrogen) atoms. The van der Waals surface area contributed by atoms with E-state index in [-0.39, 0.29) is 11.2 Å². The van der Waals surface area contributed by atoms with Crippen molar-refractivity contribution in [1.29, 1.82) is 0 Å². The Kier molecular flexibility index (Phi) is 4.22. The first kappa shape index (κ1) is 16.7. The number of halogens is 1. The van der Waals surface area contributed by atoms with Crippen molar-refractivity contribution in [3.05, 3.63) is 53.1 Å². The number of rotatable bonds is 3. The van der Waals surface area contributed by atoms with Crippen LogP contribution in [0.15, 0.2) is 30.5 Å². The van der Waals surface area contributed by atoms with E-state index in [2.05, 4.69) is 38.6 Å². The van der Waals surface area contributed by atoms with Crippen LogP contribution in [0.4, 0.5) is 4.39 Å². The molecule has 1 nitrogen and oxygen atoms in total. The highest BCUT2D eigenvalue weighted by Crippen LogP contribution is 2.47. The van der Waals surface area contributed by atoms with Crippen molar-refractivity contribution < 1.29 is 4.39 Å². The second kappa shape index (κ2) is 6.06. The summed E-state index contributed by atoms with van der Waals surface area (Å²) in [5.41, 5.74) is 4.72. The fourth-order valence-corrected chi connectivity index (χ4v) is 3.58. The van der Waals surface area contributed by atoms with Gasteiger partial charge in [0.15, 0.2) is 0 Å². The van der Waals surface area contributed by atoms with Crippen LogP contribution in [0.3, 0.4) is 0 Å². The normalized spacial score (nSPS) is 15.8. The van der Waals surface area contributed by atoms with Gasteiger partial charge in [-0.25, -0.2) is 9.37 Å². The van der Waals surface area contributed by atoms with Crippen LogP contribution in [0, 0.1) is 24.1 Å². The maximum absolute atomic E-state index is 14.5. The number of terminal acetylenes is 1. The van der Waals surface area contributed by atoms with Crippen LogP contribution in [-0.2, 0) is 5.41 Å². The minimum atomic E-state index is -0.181. The van der Waals surface area contributed by atoms with Crippen molar-refractivity contribution in [2.24, 2.45) is 5.92 Å². The van der Waals surface area contributed by atoms with Crippen molar-refractivity contribution in [1.82, 2.24) is 4.98 Å². The zero-order valence-electron chi connectivity index (χ0n) is 14.9. The summed E-state index contributed by atoms with van der Waals surface area (Å²) >= 11 is 0. The lowest BCUT2D eigenvalue weighted by atomic mass is 9.75. The second-order valence-electron chi connectivity index (χ2n) is 7.87. The maximum atomic E-state index is 14.5. The molecule has 0 aliphatic heterocycles. The Morgan fingerprint density at radius 2 is 1.96 bits per heavy atom. The molecule has 1 aliphatic carbocycles. The van der Waals surface area contributed by atoms with Crippen LogP contribution in [0.5, 0.6) is 0 Å². The molecule has 1 aromatic carbocycles. The second-order valence-corrected chi connectivity index (χ2v) is 7.87. The van der Waals surface area contributed by atoms with Crippen molar-refractivity contribution in [2.75, 3.05) is 0 Å². The molecule has 1 saturated carbocycles. The van der Waals surface area contributed by atoms with Crippen LogP contribution in [0.25, 0.3) is 11.1 Å². The van der Waals surface area contributed by atoms with Gasteiger partial charge in [-0.2, -0.15) is 0 Å². The molecule has 0 radical (unpaired) electrons. The molecular weight excluding hydrogens is 297 g/mol. The van der Waals surface area contributed by atoms with Gasteiger partial charge in [0.25, 0.3) is 0 Å². The molecule has 2 aromatic rings. The molecule has 2 heteroatoms. The Labute approximate surface area is 144 Å². The fraction of sp³-hybridized carbons (Fsp3) is 0.409. The maximum Gasteiger partial charge on any atom is 0.124 e. The van der Waals surface area contributed by atoms with Gasteiger partial charge in [0.1, 0.15) is 11.5 Å². The summed E-state index contributed by atoms with van der Waals surface area (Å²) in [5.74, 6) is 3.45. The molecule has 1 unspecified atom stereocenters. The molecule has 0 N–H and O–H groups in total. The van der Waals surface area contributed by atoms with Gasteiger partial charge in [-0.15, -0.1) is 6.42 Å². The van der Waals surface area contributed by atoms with Gasteiger partial charge < -0.3 is 0 Å². The predicted molar refractivity (Wildman–Crippen MR) is 97.4 cm³/mol. The molecule has 1 aliphatic rings. The van der Waals surface area contributed by atoms with Gasteiger partial charge in [-0.05, 0) is 76.6 Å². The van der Waals surface area contributed by atoms with E-state index in [1.54, 1.807) is 18.3 Å². The summed E-state index contributed by atoms with van der Waals surface area (Å²) in [6, 6.07) is 7.15. The van der Waals surface area contributed by atoms with E-state index in [4.69, 9.17) is 6.42 Å². The average molecular weight is 321 g/mol. The topological polar surface area (TPSA) is 12.9 Å². The Hall–Kier alpha value is -2.14. The third-order valence-corrected chi connectivity index (χ3v) is 4.92. The molecule has 1 aromatic heterocycles. The van der Waals surface area contributed by atoms with E-state index in [0.29, 0.717) is 17.5 Å². The van der Waals surface area contributed by atoms with E-state index < -0.39 is 0 Å². The zero-order valence-corrected chi connectivity index (χ0v) is 14.9. The largest absolute Gasteiger partial charge is 0.248 e. The first-order chi connectivity index (χ1) is 11.3. The molecule has 1 heterocycles. The first-order valence-corrected chi connectivity index (χ1v) is 8.58. The summed E-state index contributed by atoms with van der Waals surface area (Å²) in [6.45, 7) is 8.80. The summed E-state index contributed by atoms with van der Waals surface area (Å²) in [5, 5.41) is 0. The van der Waals surface area contributed by atoms with Crippen molar-refractivity contribution >= 4 is 0 Å². The Morgan fingerprint density at radius 1 is 1.25 bits per heavy atom. The predicted octanol–water partition coefficient (Wildman–Crippen LogP) is 5.68. The van der Waals surface area contributed by atoms with Crippen LogP contribution >= 0.6 is 0 Å². The van der Waals surface area contributed by atoms with Gasteiger partial charge in [0.05, 0.1) is 0 Å². The number of pyridine rings is 1. The minimum absolute atomic E-state index is 0.0822. The zero-order chi connectivity index (χ0) is 17.5. The van der Waals surface area contributed by atoms with Crippen LogP contribution < -0.4 is 0 Å². The lowest BCUT2D eigenvalue weighted by Gasteiger charge is -2.29. The third kappa shape index (κ3) is 3.22. The summed E-state index contributed by atoms with van der Waals surface area (Å²) < 4.78 is 14.5. The Bertz CT molecular complexity index is 804. The third-order valence-electron chi connectivity index (χ3n) is 4.92. The molecule has 0 spiro atoms. The lowest BCUT2D eigenvalue weighted by Crippen LogP contribution is -2.18. The lowest BCUT2D eigenvalue weighted by molar-refractivity contribution is 0.553. The number of benzene rings is 1. The quantitative estimate of drug-likeness (QED) is 0.663. The molecule has 0 amide bonds. The summed E-state index contributed by atoms with van der Waals surface area (Å²) in [7, 11) is 0. The number of hydrogen-bond acceptors (Lipinski definition) is 1. The highest BCUT2D eigenvalue weighted by molar-refractivity contribution is 5.71. The van der Waals surface area contributed by atoms with Gasteiger partial charge in [0.2, 0.25) is 0 Å². The number of hydrogen-bond donors (Lipinski definition) is 0. The fourth-order valence-electron chi connectivity index (χ4n) is 3.58. The van der Waals surface area contributed by atoms with Gasteiger partial charge in [-0.1, -0.05) is 33.6 Å². The molecule has 1 atom stereocenters.